The number of nitrogens with one attached hydrogen (secondary N) is 1. The molecule has 0 radical (unpaired) electrons. The molecule has 2 rings (SSSR count). The van der Waals surface area contributed by atoms with Crippen LogP contribution in [0.1, 0.15) is 27.7 Å². The molecule has 0 aliphatic heterocycles. The lowest BCUT2D eigenvalue weighted by Crippen LogP contribution is -2.31. The van der Waals surface area contributed by atoms with Gasteiger partial charge >= 0.3 is 0 Å². The van der Waals surface area contributed by atoms with Crippen LogP contribution in [0.4, 0.5) is 4.39 Å². The van der Waals surface area contributed by atoms with Gasteiger partial charge in [-0.15, -0.1) is 0 Å². The Morgan fingerprint density at radius 3 is 2.77 bits per heavy atom. The molecule has 0 fully saturated rings. The van der Waals surface area contributed by atoms with E-state index >= 15 is 0 Å². The van der Waals surface area contributed by atoms with Crippen molar-refractivity contribution in [2.24, 2.45) is 0 Å². The normalized spacial score (nSPS) is 11.5. The molecular weight excluding hydrogens is 309 g/mol. The minimum atomic E-state index is -0.795. The largest absolute Gasteiger partial charge is 0.394 e. The lowest BCUT2D eigenvalue weighted by Gasteiger charge is -2.16. The Kier molecular flexibility index (Phi) is 5.04. The summed E-state index contributed by atoms with van der Waals surface area (Å²) in [4.78, 5) is 15.9. The number of benzene rings is 1. The molecule has 2 aromatic rings. The lowest BCUT2D eigenvalue weighted by molar-refractivity contribution is 0.0911. The molecule has 0 saturated carbocycles. The molecule has 1 aromatic heterocycles. The quantitative estimate of drug-likeness (QED) is 0.904. The molecule has 112 valence electrons. The molecule has 1 atom stereocenters. The van der Waals surface area contributed by atoms with Gasteiger partial charge in [-0.25, -0.2) is 9.37 Å². The number of rotatable bonds is 4. The van der Waals surface area contributed by atoms with Crippen LogP contribution in [0.25, 0.3) is 0 Å². The van der Waals surface area contributed by atoms with Crippen LogP contribution in [0.5, 0.6) is 0 Å². The first-order valence-corrected chi connectivity index (χ1v) is 6.65. The summed E-state index contributed by atoms with van der Waals surface area (Å²) in [5.41, 5.74) is 0.799. The third-order valence-corrected chi connectivity index (χ3v) is 3.27. The van der Waals surface area contributed by atoms with Gasteiger partial charge in [0.15, 0.2) is 0 Å². The van der Waals surface area contributed by atoms with Crippen molar-refractivity contribution in [3.8, 4) is 6.07 Å². The molecule has 0 bridgehead atoms. The minimum Gasteiger partial charge on any atom is -0.394 e. The third-order valence-electron chi connectivity index (χ3n) is 2.96. The smallest absolute Gasteiger partial charge is 0.270 e. The second-order valence-corrected chi connectivity index (χ2v) is 4.83. The van der Waals surface area contributed by atoms with Crippen molar-refractivity contribution in [2.45, 2.75) is 6.04 Å². The number of nitrogens with zero attached hydrogens (tertiary/aromatic N) is 2. The number of amides is 1. The Labute approximate surface area is 131 Å². The second-order valence-electron chi connectivity index (χ2n) is 4.43. The molecule has 0 spiro atoms. The number of aliphatic hydroxyl groups excluding tert-OH is 1. The average Bonchev–Trinajstić information content (AvgIpc) is 2.55. The highest BCUT2D eigenvalue weighted by atomic mass is 35.5. The number of aromatic nitrogens is 1. The fourth-order valence-corrected chi connectivity index (χ4v) is 1.91. The van der Waals surface area contributed by atoms with Crippen LogP contribution >= 0.6 is 11.6 Å². The van der Waals surface area contributed by atoms with E-state index in [4.69, 9.17) is 16.9 Å². The topological polar surface area (TPSA) is 86.0 Å². The lowest BCUT2D eigenvalue weighted by atomic mass is 10.1. The maximum Gasteiger partial charge on any atom is 0.270 e. The van der Waals surface area contributed by atoms with Gasteiger partial charge in [0.2, 0.25) is 0 Å². The fraction of sp³-hybridized carbons (Fsp3) is 0.133. The maximum atomic E-state index is 13.5. The van der Waals surface area contributed by atoms with E-state index in [1.54, 1.807) is 0 Å². The predicted octanol–water partition coefficient (Wildman–Crippen LogP) is 2.21. The van der Waals surface area contributed by atoms with E-state index in [0.29, 0.717) is 11.1 Å². The van der Waals surface area contributed by atoms with E-state index in [1.165, 1.54) is 30.5 Å². The molecular formula is C15H11ClFN3O2. The first-order chi connectivity index (χ1) is 10.5. The Balaban J connectivity index is 2.16. The van der Waals surface area contributed by atoms with Crippen molar-refractivity contribution in [2.75, 3.05) is 6.61 Å². The van der Waals surface area contributed by atoms with E-state index in [2.05, 4.69) is 10.3 Å². The van der Waals surface area contributed by atoms with E-state index < -0.39 is 24.4 Å². The Morgan fingerprint density at radius 1 is 1.45 bits per heavy atom. The number of pyridine rings is 1. The van der Waals surface area contributed by atoms with Gasteiger partial charge in [0.05, 0.1) is 23.2 Å². The van der Waals surface area contributed by atoms with E-state index in [0.717, 1.165) is 6.07 Å². The molecule has 7 heteroatoms. The van der Waals surface area contributed by atoms with Crippen LogP contribution in [-0.2, 0) is 0 Å². The Bertz CT molecular complexity index is 729. The SMILES string of the molecule is N#Cc1ccc(C(=O)N[C@@H](CO)c2ccc(Cl)c(F)c2)nc1. The highest BCUT2D eigenvalue weighted by Gasteiger charge is 2.17. The van der Waals surface area contributed by atoms with Crippen LogP contribution in [0.3, 0.4) is 0 Å². The van der Waals surface area contributed by atoms with Crippen molar-refractivity contribution in [3.05, 3.63) is 64.2 Å². The molecule has 1 heterocycles. The summed E-state index contributed by atoms with van der Waals surface area (Å²) in [6, 6.07) is 7.96. The minimum absolute atomic E-state index is 0.0412. The summed E-state index contributed by atoms with van der Waals surface area (Å²) < 4.78 is 13.5. The number of halogens is 2. The van der Waals surface area contributed by atoms with Gasteiger partial charge in [0.1, 0.15) is 17.6 Å². The van der Waals surface area contributed by atoms with Crippen LogP contribution in [0, 0.1) is 17.1 Å². The zero-order chi connectivity index (χ0) is 16.1. The second kappa shape index (κ2) is 6.98. The molecule has 0 unspecified atom stereocenters. The van der Waals surface area contributed by atoms with Gasteiger partial charge < -0.3 is 10.4 Å². The van der Waals surface area contributed by atoms with E-state index in [-0.39, 0.29) is 10.7 Å². The van der Waals surface area contributed by atoms with Gasteiger partial charge in [-0.2, -0.15) is 5.26 Å². The fourth-order valence-electron chi connectivity index (χ4n) is 1.79. The molecule has 0 aliphatic carbocycles. The van der Waals surface area contributed by atoms with Gasteiger partial charge in [-0.1, -0.05) is 17.7 Å². The number of hydrogen-bond acceptors (Lipinski definition) is 4. The van der Waals surface area contributed by atoms with E-state index in [1.807, 2.05) is 6.07 Å². The monoisotopic (exact) mass is 319 g/mol. The Hall–Kier alpha value is -2.49. The predicted molar refractivity (Wildman–Crippen MR) is 77.7 cm³/mol. The number of hydrogen-bond donors (Lipinski definition) is 2. The first kappa shape index (κ1) is 15.9. The zero-order valence-corrected chi connectivity index (χ0v) is 12.0. The van der Waals surface area contributed by atoms with Crippen LogP contribution < -0.4 is 5.32 Å². The first-order valence-electron chi connectivity index (χ1n) is 6.28. The van der Waals surface area contributed by atoms with Crippen molar-refractivity contribution in [1.29, 1.82) is 5.26 Å². The van der Waals surface area contributed by atoms with Crippen molar-refractivity contribution in [1.82, 2.24) is 10.3 Å². The van der Waals surface area contributed by atoms with Gasteiger partial charge in [-0.05, 0) is 29.8 Å². The molecule has 0 aliphatic rings. The molecule has 5 nitrogen and oxygen atoms in total. The number of carbonyl (C=O) groups is 1. The summed E-state index contributed by atoms with van der Waals surface area (Å²) in [7, 11) is 0. The standard InChI is InChI=1S/C15H11ClFN3O2/c16-11-3-2-10(5-12(11)17)14(8-21)20-15(22)13-4-1-9(6-18)7-19-13/h1-5,7,14,21H,8H2,(H,20,22)/t14-/m0/s1. The van der Waals surface area contributed by atoms with Crippen LogP contribution in [-0.4, -0.2) is 22.6 Å². The zero-order valence-electron chi connectivity index (χ0n) is 11.3. The summed E-state index contributed by atoms with van der Waals surface area (Å²) >= 11 is 5.60. The van der Waals surface area contributed by atoms with Gasteiger partial charge in [0, 0.05) is 6.20 Å². The highest BCUT2D eigenvalue weighted by molar-refractivity contribution is 6.30. The van der Waals surface area contributed by atoms with Crippen LogP contribution in [0.2, 0.25) is 5.02 Å². The summed E-state index contributed by atoms with van der Waals surface area (Å²) in [6.07, 6.45) is 1.27. The summed E-state index contributed by atoms with van der Waals surface area (Å²) in [5.74, 6) is -1.18. The number of carbonyl (C=O) groups excluding carboxylic acids is 1. The highest BCUT2D eigenvalue weighted by Crippen LogP contribution is 2.20. The molecule has 22 heavy (non-hydrogen) atoms. The average molecular weight is 320 g/mol. The third kappa shape index (κ3) is 3.58. The Morgan fingerprint density at radius 2 is 2.23 bits per heavy atom. The maximum absolute atomic E-state index is 13.5. The van der Waals surface area contributed by atoms with Gasteiger partial charge in [0.25, 0.3) is 5.91 Å². The van der Waals surface area contributed by atoms with Crippen molar-refractivity contribution in [3.63, 3.8) is 0 Å². The molecule has 1 aromatic carbocycles. The van der Waals surface area contributed by atoms with Crippen LogP contribution in [0.15, 0.2) is 36.5 Å². The summed E-state index contributed by atoms with van der Waals surface area (Å²) in [6.45, 7) is -0.414. The summed E-state index contributed by atoms with van der Waals surface area (Å²) in [5, 5.41) is 20.6. The molecule has 0 saturated heterocycles. The van der Waals surface area contributed by atoms with Crippen molar-refractivity contribution >= 4 is 17.5 Å². The molecule has 2 N–H and O–H groups in total. The van der Waals surface area contributed by atoms with Gasteiger partial charge in [-0.3, -0.25) is 4.79 Å². The van der Waals surface area contributed by atoms with E-state index in [9.17, 15) is 14.3 Å². The molecule has 1 amide bonds. The number of nitriles is 1. The number of aliphatic hydroxyl groups is 1. The van der Waals surface area contributed by atoms with Crippen molar-refractivity contribution < 1.29 is 14.3 Å².